The minimum absolute atomic E-state index is 0.299. The fourth-order valence-electron chi connectivity index (χ4n) is 2.49. The molecule has 0 unspecified atom stereocenters. The minimum Gasteiger partial charge on any atom is -0.399 e. The lowest BCUT2D eigenvalue weighted by Gasteiger charge is -2.18. The summed E-state index contributed by atoms with van der Waals surface area (Å²) in [5.74, 6) is -4.33. The van der Waals surface area contributed by atoms with Crippen molar-refractivity contribution in [1.29, 1.82) is 0 Å². The molecule has 2 aromatic rings. The number of nitrogens with zero attached hydrogens (tertiary/aromatic N) is 1. The molecule has 0 radical (unpaired) electrons. The first-order chi connectivity index (χ1) is 9.97. The van der Waals surface area contributed by atoms with E-state index >= 15 is 0 Å². The molecule has 0 aromatic heterocycles. The summed E-state index contributed by atoms with van der Waals surface area (Å²) in [4.78, 5) is 13.6. The molecular formula is C15H11F3N2O. The van der Waals surface area contributed by atoms with Crippen LogP contribution in [0.4, 0.5) is 24.5 Å². The van der Waals surface area contributed by atoms with Gasteiger partial charge in [0.2, 0.25) is 0 Å². The third-order valence-electron chi connectivity index (χ3n) is 3.47. The number of carbonyl (C=O) groups excluding carboxylic acids is 1. The Morgan fingerprint density at radius 3 is 2.43 bits per heavy atom. The van der Waals surface area contributed by atoms with Gasteiger partial charge in [-0.2, -0.15) is 0 Å². The van der Waals surface area contributed by atoms with E-state index in [2.05, 4.69) is 0 Å². The maximum Gasteiger partial charge on any atom is 0.264 e. The average Bonchev–Trinajstić information content (AvgIpc) is 2.80. The highest BCUT2D eigenvalue weighted by molar-refractivity contribution is 6.07. The molecule has 21 heavy (non-hydrogen) atoms. The zero-order chi connectivity index (χ0) is 15.1. The highest BCUT2D eigenvalue weighted by atomic mass is 19.1. The second-order valence-corrected chi connectivity index (χ2v) is 4.84. The van der Waals surface area contributed by atoms with Crippen LogP contribution < -0.4 is 10.6 Å². The first kappa shape index (κ1) is 13.5. The summed E-state index contributed by atoms with van der Waals surface area (Å²) in [6.07, 6.45) is 0.575. The molecule has 0 fully saturated rings. The molecule has 6 heteroatoms. The molecule has 0 bridgehead atoms. The number of nitrogen functional groups attached to an aromatic ring is 1. The molecule has 1 amide bonds. The Kier molecular flexibility index (Phi) is 3.08. The number of nitrogens with two attached hydrogens (primary N) is 1. The third kappa shape index (κ3) is 2.22. The van der Waals surface area contributed by atoms with Gasteiger partial charge in [-0.1, -0.05) is 6.07 Å². The highest BCUT2D eigenvalue weighted by Gasteiger charge is 2.29. The van der Waals surface area contributed by atoms with Crippen LogP contribution in [0.25, 0.3) is 0 Å². The Bertz CT molecular complexity index is 723. The number of hydrogen-bond acceptors (Lipinski definition) is 2. The molecule has 0 aliphatic carbocycles. The number of benzene rings is 2. The summed E-state index contributed by atoms with van der Waals surface area (Å²) >= 11 is 0. The lowest BCUT2D eigenvalue weighted by Crippen LogP contribution is -2.30. The third-order valence-corrected chi connectivity index (χ3v) is 3.47. The van der Waals surface area contributed by atoms with Crippen LogP contribution in [-0.2, 0) is 6.42 Å². The van der Waals surface area contributed by atoms with Gasteiger partial charge in [-0.05, 0) is 24.1 Å². The van der Waals surface area contributed by atoms with Crippen molar-refractivity contribution >= 4 is 17.3 Å². The molecule has 0 saturated heterocycles. The topological polar surface area (TPSA) is 46.3 Å². The van der Waals surface area contributed by atoms with Crippen LogP contribution in [0.3, 0.4) is 0 Å². The molecule has 2 aromatic carbocycles. The molecule has 0 spiro atoms. The molecule has 3 nitrogen and oxygen atoms in total. The van der Waals surface area contributed by atoms with Crippen LogP contribution in [0.15, 0.2) is 30.3 Å². The van der Waals surface area contributed by atoms with Gasteiger partial charge in [0.05, 0.1) is 0 Å². The second-order valence-electron chi connectivity index (χ2n) is 4.84. The Hall–Kier alpha value is -2.50. The largest absolute Gasteiger partial charge is 0.399 e. The average molecular weight is 292 g/mol. The fourth-order valence-corrected chi connectivity index (χ4v) is 2.49. The zero-order valence-electron chi connectivity index (χ0n) is 10.9. The second kappa shape index (κ2) is 4.80. The van der Waals surface area contributed by atoms with Crippen molar-refractivity contribution in [3.05, 3.63) is 58.9 Å². The molecule has 108 valence electrons. The van der Waals surface area contributed by atoms with Crippen LogP contribution in [0.2, 0.25) is 0 Å². The molecule has 2 N–H and O–H groups in total. The van der Waals surface area contributed by atoms with Gasteiger partial charge >= 0.3 is 0 Å². The number of halogens is 3. The summed E-state index contributed by atoms with van der Waals surface area (Å²) in [6.45, 7) is 0.299. The van der Waals surface area contributed by atoms with Crippen LogP contribution in [0.5, 0.6) is 0 Å². The van der Waals surface area contributed by atoms with Gasteiger partial charge in [-0.3, -0.25) is 4.79 Å². The first-order valence-electron chi connectivity index (χ1n) is 6.32. The van der Waals surface area contributed by atoms with Crippen LogP contribution in [0.1, 0.15) is 15.9 Å². The number of fused-ring (bicyclic) bond motifs is 1. The van der Waals surface area contributed by atoms with E-state index in [0.717, 1.165) is 5.56 Å². The maximum absolute atomic E-state index is 13.7. The van der Waals surface area contributed by atoms with E-state index < -0.39 is 28.9 Å². The van der Waals surface area contributed by atoms with Crippen LogP contribution in [0, 0.1) is 17.5 Å². The SMILES string of the molecule is Nc1ccc2c(c1)N(C(=O)c1c(F)cc(F)cc1F)CC2. The molecule has 1 heterocycles. The number of anilines is 2. The van der Waals surface area contributed by atoms with Crippen molar-refractivity contribution in [3.8, 4) is 0 Å². The Morgan fingerprint density at radius 1 is 1.10 bits per heavy atom. The Balaban J connectivity index is 2.04. The summed E-state index contributed by atoms with van der Waals surface area (Å²) in [5.41, 5.74) is 6.78. The number of amides is 1. The van der Waals surface area contributed by atoms with E-state index in [-0.39, 0.29) is 0 Å². The van der Waals surface area contributed by atoms with Gasteiger partial charge in [0.15, 0.2) is 0 Å². The van der Waals surface area contributed by atoms with Gasteiger partial charge in [0.1, 0.15) is 23.0 Å². The molecule has 3 rings (SSSR count). The lowest BCUT2D eigenvalue weighted by atomic mass is 10.1. The molecule has 1 aliphatic heterocycles. The molecular weight excluding hydrogens is 281 g/mol. The van der Waals surface area contributed by atoms with E-state index in [1.165, 1.54) is 4.90 Å². The summed E-state index contributed by atoms with van der Waals surface area (Å²) in [7, 11) is 0. The minimum atomic E-state index is -1.21. The van der Waals surface area contributed by atoms with Crippen molar-refractivity contribution in [2.24, 2.45) is 0 Å². The monoisotopic (exact) mass is 292 g/mol. The first-order valence-corrected chi connectivity index (χ1v) is 6.32. The van der Waals surface area contributed by atoms with Crippen molar-refractivity contribution < 1.29 is 18.0 Å². The van der Waals surface area contributed by atoms with Gasteiger partial charge in [-0.15, -0.1) is 0 Å². The van der Waals surface area contributed by atoms with E-state index in [0.29, 0.717) is 36.5 Å². The van der Waals surface area contributed by atoms with Gasteiger partial charge in [0.25, 0.3) is 5.91 Å². The number of carbonyl (C=O) groups is 1. The number of rotatable bonds is 1. The highest BCUT2D eigenvalue weighted by Crippen LogP contribution is 2.32. The van der Waals surface area contributed by atoms with Gasteiger partial charge in [-0.25, -0.2) is 13.2 Å². The summed E-state index contributed by atoms with van der Waals surface area (Å²) < 4.78 is 40.4. The lowest BCUT2D eigenvalue weighted by molar-refractivity contribution is 0.0981. The quantitative estimate of drug-likeness (QED) is 0.821. The standard InChI is InChI=1S/C15H11F3N2O/c16-9-5-11(17)14(12(18)6-9)15(21)20-4-3-8-1-2-10(19)7-13(8)20/h1-2,5-7H,3-4,19H2. The molecule has 0 saturated carbocycles. The van der Waals surface area contributed by atoms with E-state index in [1.54, 1.807) is 18.2 Å². The predicted octanol–water partition coefficient (Wildman–Crippen LogP) is 2.89. The van der Waals surface area contributed by atoms with Crippen molar-refractivity contribution in [2.75, 3.05) is 17.2 Å². The van der Waals surface area contributed by atoms with Crippen molar-refractivity contribution in [3.63, 3.8) is 0 Å². The Labute approximate surface area is 118 Å². The summed E-state index contributed by atoms with van der Waals surface area (Å²) in [6, 6.07) is 6.04. The fraction of sp³-hybridized carbons (Fsp3) is 0.133. The van der Waals surface area contributed by atoms with Gasteiger partial charge in [0, 0.05) is 30.1 Å². The predicted molar refractivity (Wildman–Crippen MR) is 72.6 cm³/mol. The number of hydrogen-bond donors (Lipinski definition) is 1. The molecule has 0 atom stereocenters. The van der Waals surface area contributed by atoms with Crippen molar-refractivity contribution in [1.82, 2.24) is 0 Å². The smallest absolute Gasteiger partial charge is 0.264 e. The zero-order valence-corrected chi connectivity index (χ0v) is 10.9. The van der Waals surface area contributed by atoms with E-state index in [1.807, 2.05) is 0 Å². The van der Waals surface area contributed by atoms with Gasteiger partial charge < -0.3 is 10.6 Å². The van der Waals surface area contributed by atoms with Crippen LogP contribution in [-0.4, -0.2) is 12.5 Å². The maximum atomic E-state index is 13.7. The Morgan fingerprint density at radius 2 is 1.76 bits per heavy atom. The van der Waals surface area contributed by atoms with E-state index in [9.17, 15) is 18.0 Å². The van der Waals surface area contributed by atoms with Crippen LogP contribution >= 0.6 is 0 Å². The normalized spacial score (nSPS) is 13.4. The van der Waals surface area contributed by atoms with E-state index in [4.69, 9.17) is 5.73 Å². The summed E-state index contributed by atoms with van der Waals surface area (Å²) in [5, 5.41) is 0. The molecule has 1 aliphatic rings. The van der Waals surface area contributed by atoms with Crippen molar-refractivity contribution in [2.45, 2.75) is 6.42 Å².